The fourth-order valence-corrected chi connectivity index (χ4v) is 5.74. The molecule has 8 heteroatoms. The molecule has 4 rings (SSSR count). The molecule has 0 bridgehead atoms. The van der Waals surface area contributed by atoms with Crippen LogP contribution in [0.2, 0.25) is 5.02 Å². The van der Waals surface area contributed by atoms with Crippen molar-refractivity contribution < 1.29 is 23.1 Å². The molecule has 2 aromatic rings. The van der Waals surface area contributed by atoms with Crippen molar-refractivity contribution in [3.05, 3.63) is 75.8 Å². The lowest BCUT2D eigenvalue weighted by atomic mass is 9.86. The van der Waals surface area contributed by atoms with Gasteiger partial charge in [0.1, 0.15) is 11.6 Å². The number of benzene rings is 2. The van der Waals surface area contributed by atoms with E-state index in [9.17, 15) is 18.4 Å². The average molecular weight is 545 g/mol. The molecule has 1 saturated heterocycles. The van der Waals surface area contributed by atoms with E-state index in [1.54, 1.807) is 19.1 Å². The third-order valence-corrected chi connectivity index (χ3v) is 8.08. The first-order valence-electron chi connectivity index (χ1n) is 13.0. The number of ether oxygens (including phenoxy) is 1. The first-order chi connectivity index (χ1) is 17.9. The summed E-state index contributed by atoms with van der Waals surface area (Å²) in [5, 5.41) is 0.538. The monoisotopic (exact) mass is 544 g/mol. The Hall–Kier alpha value is -2.77. The van der Waals surface area contributed by atoms with Crippen LogP contribution in [0.15, 0.2) is 42.5 Å². The highest BCUT2D eigenvalue weighted by Gasteiger charge is 2.44. The normalized spacial score (nSPS) is 21.3. The molecule has 2 aliphatic heterocycles. The van der Waals surface area contributed by atoms with Crippen molar-refractivity contribution in [3.8, 4) is 0 Å². The van der Waals surface area contributed by atoms with Crippen molar-refractivity contribution in [2.75, 3.05) is 33.3 Å². The van der Waals surface area contributed by atoms with Gasteiger partial charge in [0.15, 0.2) is 0 Å². The highest BCUT2D eigenvalue weighted by Crippen LogP contribution is 2.39. The van der Waals surface area contributed by atoms with Crippen LogP contribution in [0.5, 0.6) is 0 Å². The summed E-state index contributed by atoms with van der Waals surface area (Å²) in [6.45, 7) is 9.96. The third-order valence-electron chi connectivity index (χ3n) is 7.85. The molecule has 0 aliphatic carbocycles. The summed E-state index contributed by atoms with van der Waals surface area (Å²) in [6, 6.07) is 9.12. The van der Waals surface area contributed by atoms with Gasteiger partial charge in [-0.3, -0.25) is 14.5 Å². The zero-order chi connectivity index (χ0) is 27.8. The molecule has 38 heavy (non-hydrogen) atoms. The highest BCUT2D eigenvalue weighted by atomic mass is 35.5. The maximum atomic E-state index is 14.8. The van der Waals surface area contributed by atoms with Gasteiger partial charge in [-0.25, -0.2) is 8.78 Å². The van der Waals surface area contributed by atoms with Gasteiger partial charge in [0.05, 0.1) is 18.9 Å². The van der Waals surface area contributed by atoms with Gasteiger partial charge in [0.2, 0.25) is 5.91 Å². The minimum atomic E-state index is -0.628. The molecular weight excluding hydrogens is 510 g/mol. The van der Waals surface area contributed by atoms with Crippen LogP contribution in [0.4, 0.5) is 8.78 Å². The molecule has 0 aromatic heterocycles. The number of esters is 1. The summed E-state index contributed by atoms with van der Waals surface area (Å²) in [7, 11) is 1.36. The van der Waals surface area contributed by atoms with Crippen LogP contribution in [-0.4, -0.2) is 60.5 Å². The quantitative estimate of drug-likeness (QED) is 0.432. The summed E-state index contributed by atoms with van der Waals surface area (Å²) in [5.74, 6) is -2.89. The lowest BCUT2D eigenvalue weighted by molar-refractivity contribution is -0.142. The van der Waals surface area contributed by atoms with Gasteiger partial charge in [0.25, 0.3) is 0 Å². The number of hydrogen-bond acceptors (Lipinski definition) is 4. The van der Waals surface area contributed by atoms with Crippen molar-refractivity contribution in [1.29, 1.82) is 0 Å². The number of hydrogen-bond donors (Lipinski definition) is 0. The number of methoxy groups -OCH3 is 1. The zero-order valence-electron chi connectivity index (χ0n) is 22.6. The van der Waals surface area contributed by atoms with E-state index >= 15 is 0 Å². The molecule has 0 N–H and O–H groups in total. The van der Waals surface area contributed by atoms with E-state index in [0.29, 0.717) is 43.2 Å². The van der Waals surface area contributed by atoms with E-state index in [1.165, 1.54) is 19.2 Å². The molecule has 2 aromatic carbocycles. The largest absolute Gasteiger partial charge is 0.469 e. The maximum absolute atomic E-state index is 14.8. The van der Waals surface area contributed by atoms with Gasteiger partial charge >= 0.3 is 5.97 Å². The van der Waals surface area contributed by atoms with Crippen LogP contribution >= 0.6 is 11.6 Å². The molecule has 3 unspecified atom stereocenters. The van der Waals surface area contributed by atoms with Gasteiger partial charge in [0, 0.05) is 48.7 Å². The van der Waals surface area contributed by atoms with Gasteiger partial charge in [-0.15, -0.1) is 0 Å². The van der Waals surface area contributed by atoms with Gasteiger partial charge < -0.3 is 9.64 Å². The summed E-state index contributed by atoms with van der Waals surface area (Å²) in [4.78, 5) is 30.1. The number of likely N-dealkylation sites (tertiary alicyclic amines) is 1. The number of halogens is 3. The van der Waals surface area contributed by atoms with Crippen LogP contribution in [-0.2, 0) is 14.3 Å². The Labute approximate surface area is 228 Å². The second-order valence-electron chi connectivity index (χ2n) is 11.2. The lowest BCUT2D eigenvalue weighted by Crippen LogP contribution is -2.43. The Bertz CT molecular complexity index is 1260. The minimum absolute atomic E-state index is 0.0277. The van der Waals surface area contributed by atoms with E-state index in [1.807, 2.05) is 17.0 Å². The van der Waals surface area contributed by atoms with Crippen molar-refractivity contribution in [3.63, 3.8) is 0 Å². The summed E-state index contributed by atoms with van der Waals surface area (Å²) in [6.07, 6.45) is 2.63. The molecule has 0 saturated carbocycles. The predicted molar refractivity (Wildman–Crippen MR) is 145 cm³/mol. The van der Waals surface area contributed by atoms with E-state index in [-0.39, 0.29) is 23.3 Å². The molecule has 5 nitrogen and oxygen atoms in total. The first-order valence-corrected chi connectivity index (χ1v) is 13.3. The Morgan fingerprint density at radius 2 is 1.84 bits per heavy atom. The van der Waals surface area contributed by atoms with Gasteiger partial charge in [-0.1, -0.05) is 29.8 Å². The van der Waals surface area contributed by atoms with E-state index < -0.39 is 23.5 Å². The molecular formula is C30H35ClF2N2O3. The molecule has 204 valence electrons. The second kappa shape index (κ2) is 11.1. The van der Waals surface area contributed by atoms with Crippen molar-refractivity contribution in [2.24, 2.45) is 5.92 Å². The average Bonchev–Trinajstić information content (AvgIpc) is 3.33. The topological polar surface area (TPSA) is 49.9 Å². The SMILES string of the molecule is COC(=O)C(C)c1cc(Cl)ccc1C1=CCN(C(=O)C2CN(C(C)(C)C)CC2c2ccc(F)cc2F)CC1. The zero-order valence-corrected chi connectivity index (χ0v) is 23.3. The van der Waals surface area contributed by atoms with E-state index in [4.69, 9.17) is 16.3 Å². The standard InChI is InChI=1S/C30H35ClF2N2O3/c1-18(29(37)38-5)24-14-20(31)6-8-22(24)19-10-12-34(13-11-19)28(36)26-17-35(30(2,3)4)16-25(26)23-9-7-21(32)15-27(23)33/h6-10,14-15,18,25-26H,11-13,16-17H2,1-5H3. The molecule has 0 spiro atoms. The Kier molecular flexibility index (Phi) is 8.29. The Morgan fingerprint density at radius 1 is 1.11 bits per heavy atom. The van der Waals surface area contributed by atoms with E-state index in [0.717, 1.165) is 22.8 Å². The highest BCUT2D eigenvalue weighted by molar-refractivity contribution is 6.30. The van der Waals surface area contributed by atoms with Crippen LogP contribution in [0.25, 0.3) is 5.57 Å². The van der Waals surface area contributed by atoms with Crippen LogP contribution < -0.4 is 0 Å². The fraction of sp³-hybridized carbons (Fsp3) is 0.467. The number of carbonyl (C=O) groups is 2. The number of amides is 1. The molecule has 1 fully saturated rings. The number of rotatable bonds is 5. The van der Waals surface area contributed by atoms with Crippen LogP contribution in [0.1, 0.15) is 62.6 Å². The number of nitrogens with zero attached hydrogens (tertiary/aromatic N) is 2. The summed E-state index contributed by atoms with van der Waals surface area (Å²) >= 11 is 6.24. The maximum Gasteiger partial charge on any atom is 0.312 e. The first kappa shape index (κ1) is 28.2. The Morgan fingerprint density at radius 3 is 2.45 bits per heavy atom. The van der Waals surface area contributed by atoms with Crippen LogP contribution in [0, 0.1) is 17.6 Å². The van der Waals surface area contributed by atoms with Crippen molar-refractivity contribution in [1.82, 2.24) is 9.80 Å². The van der Waals surface area contributed by atoms with Crippen molar-refractivity contribution in [2.45, 2.75) is 51.5 Å². The Balaban J connectivity index is 1.58. The number of carbonyl (C=O) groups excluding carboxylic acids is 2. The lowest BCUT2D eigenvalue weighted by Gasteiger charge is -2.33. The van der Waals surface area contributed by atoms with E-state index in [2.05, 4.69) is 25.7 Å². The summed E-state index contributed by atoms with van der Waals surface area (Å²) in [5.41, 5.74) is 2.94. The smallest absolute Gasteiger partial charge is 0.312 e. The minimum Gasteiger partial charge on any atom is -0.469 e. The second-order valence-corrected chi connectivity index (χ2v) is 11.6. The molecule has 1 amide bonds. The molecule has 2 heterocycles. The predicted octanol–water partition coefficient (Wildman–Crippen LogP) is 6.02. The third kappa shape index (κ3) is 5.79. The molecule has 2 aliphatic rings. The van der Waals surface area contributed by atoms with Gasteiger partial charge in [-0.05, 0) is 74.6 Å². The molecule has 0 radical (unpaired) electrons. The molecule has 3 atom stereocenters. The van der Waals surface area contributed by atoms with Gasteiger partial charge in [-0.2, -0.15) is 0 Å². The summed E-state index contributed by atoms with van der Waals surface area (Å²) < 4.78 is 33.4. The fourth-order valence-electron chi connectivity index (χ4n) is 5.56. The van der Waals surface area contributed by atoms with Crippen LogP contribution in [0.3, 0.4) is 0 Å². The van der Waals surface area contributed by atoms with Crippen molar-refractivity contribution >= 4 is 29.1 Å².